The Bertz CT molecular complexity index is 1190. The number of aliphatic carboxylic acids is 1. The van der Waals surface area contributed by atoms with E-state index < -0.39 is 11.4 Å². The second-order valence-corrected chi connectivity index (χ2v) is 10.3. The third-order valence-corrected chi connectivity index (χ3v) is 7.24. The summed E-state index contributed by atoms with van der Waals surface area (Å²) in [5.41, 5.74) is 1.87. The van der Waals surface area contributed by atoms with E-state index in [9.17, 15) is 14.7 Å². The lowest BCUT2D eigenvalue weighted by Crippen LogP contribution is -2.52. The fourth-order valence-corrected chi connectivity index (χ4v) is 5.51. The zero-order valence-electron chi connectivity index (χ0n) is 19.5. The highest BCUT2D eigenvalue weighted by atomic mass is 35.5. The molecule has 1 amide bonds. The third-order valence-electron chi connectivity index (χ3n) is 6.75. The van der Waals surface area contributed by atoms with Crippen molar-refractivity contribution in [3.8, 4) is 0 Å². The van der Waals surface area contributed by atoms with E-state index >= 15 is 0 Å². The number of carboxylic acids is 1. The van der Waals surface area contributed by atoms with E-state index in [-0.39, 0.29) is 24.3 Å². The SMILES string of the molecule is C[C@]1(CC(=O)O)C[C@H](c2cccc(Cl)c2)[C@@H](c2ccc(Cl)cc2)N(CCCc2ccccn2)C1=O. The molecule has 0 saturated carbocycles. The molecule has 182 valence electrons. The zero-order chi connectivity index (χ0) is 25.0. The topological polar surface area (TPSA) is 70.5 Å². The number of likely N-dealkylation sites (tertiary alicyclic amines) is 1. The van der Waals surface area contributed by atoms with E-state index in [1.165, 1.54) is 0 Å². The van der Waals surface area contributed by atoms with Gasteiger partial charge in [0.1, 0.15) is 0 Å². The molecule has 3 atom stereocenters. The van der Waals surface area contributed by atoms with Gasteiger partial charge in [0.05, 0.1) is 17.9 Å². The van der Waals surface area contributed by atoms with Gasteiger partial charge in [0.25, 0.3) is 0 Å². The quantitative estimate of drug-likeness (QED) is 0.372. The number of carbonyl (C=O) groups excluding carboxylic acids is 1. The van der Waals surface area contributed by atoms with E-state index in [0.29, 0.717) is 29.4 Å². The molecule has 35 heavy (non-hydrogen) atoms. The second-order valence-electron chi connectivity index (χ2n) is 9.42. The van der Waals surface area contributed by atoms with Crippen molar-refractivity contribution in [3.05, 3.63) is 99.8 Å². The molecule has 1 aliphatic heterocycles. The Morgan fingerprint density at radius 3 is 2.49 bits per heavy atom. The number of hydrogen-bond acceptors (Lipinski definition) is 3. The van der Waals surface area contributed by atoms with Gasteiger partial charge in [0.15, 0.2) is 0 Å². The maximum atomic E-state index is 13.9. The van der Waals surface area contributed by atoms with Crippen molar-refractivity contribution in [3.63, 3.8) is 0 Å². The minimum absolute atomic E-state index is 0.133. The Labute approximate surface area is 215 Å². The minimum atomic E-state index is -1.03. The summed E-state index contributed by atoms with van der Waals surface area (Å²) in [4.78, 5) is 32.0. The summed E-state index contributed by atoms with van der Waals surface area (Å²) in [6, 6.07) is 20.7. The van der Waals surface area contributed by atoms with Crippen LogP contribution in [0.25, 0.3) is 0 Å². The molecule has 0 aliphatic carbocycles. The van der Waals surface area contributed by atoms with Crippen LogP contribution in [0.15, 0.2) is 72.9 Å². The van der Waals surface area contributed by atoms with Crippen LogP contribution in [-0.4, -0.2) is 33.4 Å². The maximum absolute atomic E-state index is 13.9. The lowest BCUT2D eigenvalue weighted by atomic mass is 9.67. The van der Waals surface area contributed by atoms with Gasteiger partial charge in [-0.25, -0.2) is 0 Å². The van der Waals surface area contributed by atoms with E-state index in [4.69, 9.17) is 23.2 Å². The second kappa shape index (κ2) is 10.8. The highest BCUT2D eigenvalue weighted by Gasteiger charge is 2.50. The number of piperidine rings is 1. The molecular formula is C28H28Cl2N2O3. The number of aromatic nitrogens is 1. The average molecular weight is 511 g/mol. The molecule has 2 heterocycles. The van der Waals surface area contributed by atoms with Gasteiger partial charge < -0.3 is 10.0 Å². The van der Waals surface area contributed by atoms with Gasteiger partial charge in [-0.15, -0.1) is 0 Å². The van der Waals surface area contributed by atoms with Gasteiger partial charge in [-0.1, -0.05) is 60.5 Å². The van der Waals surface area contributed by atoms with Gasteiger partial charge in [-0.3, -0.25) is 14.6 Å². The Balaban J connectivity index is 1.75. The molecule has 5 nitrogen and oxygen atoms in total. The van der Waals surface area contributed by atoms with Crippen molar-refractivity contribution in [2.24, 2.45) is 5.41 Å². The molecule has 2 aromatic carbocycles. The molecule has 0 radical (unpaired) electrons. The Morgan fingerprint density at radius 2 is 1.83 bits per heavy atom. The van der Waals surface area contributed by atoms with Crippen LogP contribution in [0.1, 0.15) is 55.0 Å². The molecule has 1 aromatic heterocycles. The Hall–Kier alpha value is -2.89. The predicted octanol–water partition coefficient (Wildman–Crippen LogP) is 6.56. The van der Waals surface area contributed by atoms with Crippen molar-refractivity contribution in [1.29, 1.82) is 0 Å². The number of halogens is 2. The lowest BCUT2D eigenvalue weighted by Gasteiger charge is -2.49. The molecule has 3 aromatic rings. The number of rotatable bonds is 8. The molecule has 4 rings (SSSR count). The molecular weight excluding hydrogens is 483 g/mol. The highest BCUT2D eigenvalue weighted by molar-refractivity contribution is 6.30. The van der Waals surface area contributed by atoms with Crippen LogP contribution in [-0.2, 0) is 16.0 Å². The first-order valence-electron chi connectivity index (χ1n) is 11.7. The van der Waals surface area contributed by atoms with Crippen LogP contribution < -0.4 is 0 Å². The van der Waals surface area contributed by atoms with Gasteiger partial charge in [0, 0.05) is 34.4 Å². The molecule has 0 unspecified atom stereocenters. The van der Waals surface area contributed by atoms with E-state index in [2.05, 4.69) is 4.98 Å². The number of benzene rings is 2. The maximum Gasteiger partial charge on any atom is 0.304 e. The van der Waals surface area contributed by atoms with Crippen LogP contribution in [0, 0.1) is 5.41 Å². The molecule has 1 aliphatic rings. The van der Waals surface area contributed by atoms with Crippen LogP contribution in [0.4, 0.5) is 0 Å². The number of pyridine rings is 1. The minimum Gasteiger partial charge on any atom is -0.481 e. The number of carboxylic acid groups (broad SMARTS) is 1. The van der Waals surface area contributed by atoms with Crippen LogP contribution >= 0.6 is 23.2 Å². The number of nitrogens with zero attached hydrogens (tertiary/aromatic N) is 2. The van der Waals surface area contributed by atoms with Crippen molar-refractivity contribution in [1.82, 2.24) is 9.88 Å². The predicted molar refractivity (Wildman–Crippen MR) is 138 cm³/mol. The molecule has 0 spiro atoms. The molecule has 1 N–H and O–H groups in total. The van der Waals surface area contributed by atoms with Crippen LogP contribution in [0.3, 0.4) is 0 Å². The summed E-state index contributed by atoms with van der Waals surface area (Å²) in [6.45, 7) is 2.25. The molecule has 7 heteroatoms. The summed E-state index contributed by atoms with van der Waals surface area (Å²) >= 11 is 12.5. The van der Waals surface area contributed by atoms with Crippen molar-refractivity contribution < 1.29 is 14.7 Å². The Kier molecular flexibility index (Phi) is 7.78. The largest absolute Gasteiger partial charge is 0.481 e. The summed E-state index contributed by atoms with van der Waals surface area (Å²) in [6.07, 6.45) is 3.36. The first-order valence-corrected chi connectivity index (χ1v) is 12.5. The zero-order valence-corrected chi connectivity index (χ0v) is 21.0. The fraction of sp³-hybridized carbons (Fsp3) is 0.321. The number of carbonyl (C=O) groups is 2. The van der Waals surface area contributed by atoms with Crippen molar-refractivity contribution in [2.75, 3.05) is 6.54 Å². The van der Waals surface area contributed by atoms with Gasteiger partial charge in [-0.2, -0.15) is 0 Å². The van der Waals surface area contributed by atoms with Gasteiger partial charge >= 0.3 is 5.97 Å². The number of aryl methyl sites for hydroxylation is 1. The fourth-order valence-electron chi connectivity index (χ4n) is 5.18. The van der Waals surface area contributed by atoms with Gasteiger partial charge in [-0.05, 0) is 66.8 Å². The van der Waals surface area contributed by atoms with Crippen molar-refractivity contribution >= 4 is 35.1 Å². The average Bonchev–Trinajstić information content (AvgIpc) is 2.83. The Morgan fingerprint density at radius 1 is 1.06 bits per heavy atom. The monoisotopic (exact) mass is 510 g/mol. The standard InChI is InChI=1S/C28H28Cl2N2O3/c1-28(18-25(33)34)17-24(20-6-4-7-22(30)16-20)26(19-10-12-21(29)13-11-19)32(27(28)35)15-5-9-23-8-2-3-14-31-23/h2-4,6-8,10-14,16,24,26H,5,9,15,17-18H2,1H3,(H,33,34)/t24-,26-,28-/m1/s1. The first kappa shape index (κ1) is 25.2. The first-order chi connectivity index (χ1) is 16.8. The number of hydrogen-bond donors (Lipinski definition) is 1. The van der Waals surface area contributed by atoms with E-state index in [1.54, 1.807) is 13.1 Å². The van der Waals surface area contributed by atoms with E-state index in [0.717, 1.165) is 23.2 Å². The normalized spacial score (nSPS) is 22.3. The summed E-state index contributed by atoms with van der Waals surface area (Å²) in [5, 5.41) is 10.9. The van der Waals surface area contributed by atoms with E-state index in [1.807, 2.05) is 71.6 Å². The highest BCUT2D eigenvalue weighted by Crippen LogP contribution is 2.51. The van der Waals surface area contributed by atoms with Crippen LogP contribution in [0.2, 0.25) is 10.0 Å². The van der Waals surface area contributed by atoms with Crippen LogP contribution in [0.5, 0.6) is 0 Å². The smallest absolute Gasteiger partial charge is 0.304 e. The third kappa shape index (κ3) is 5.85. The summed E-state index contributed by atoms with van der Waals surface area (Å²) < 4.78 is 0. The lowest BCUT2D eigenvalue weighted by molar-refractivity contribution is -0.157. The summed E-state index contributed by atoms with van der Waals surface area (Å²) in [5.74, 6) is -1.25. The molecule has 1 saturated heterocycles. The van der Waals surface area contributed by atoms with Gasteiger partial charge in [0.2, 0.25) is 5.91 Å². The molecule has 0 bridgehead atoms. The number of amides is 1. The molecule has 1 fully saturated rings. The van der Waals surface area contributed by atoms with Crippen molar-refractivity contribution in [2.45, 2.75) is 44.6 Å². The summed E-state index contributed by atoms with van der Waals surface area (Å²) in [7, 11) is 0.